The summed E-state index contributed by atoms with van der Waals surface area (Å²) >= 11 is 1.82. The molecule has 3 heteroatoms. The lowest BCUT2D eigenvalue weighted by atomic mass is 10.0. The summed E-state index contributed by atoms with van der Waals surface area (Å²) in [6.45, 7) is 5.46. The van der Waals surface area contributed by atoms with Gasteiger partial charge in [-0.15, -0.1) is 11.3 Å². The molecule has 0 radical (unpaired) electrons. The zero-order chi connectivity index (χ0) is 9.97. The van der Waals surface area contributed by atoms with Gasteiger partial charge in [-0.25, -0.2) is 4.98 Å². The summed E-state index contributed by atoms with van der Waals surface area (Å²) in [6.07, 6.45) is 5.15. The highest BCUT2D eigenvalue weighted by atomic mass is 32.1. The number of aromatic nitrogens is 1. The first-order valence-corrected chi connectivity index (χ1v) is 6.23. The van der Waals surface area contributed by atoms with E-state index in [2.05, 4.69) is 24.1 Å². The van der Waals surface area contributed by atoms with E-state index in [1.54, 1.807) is 0 Å². The van der Waals surface area contributed by atoms with E-state index in [0.29, 0.717) is 6.04 Å². The summed E-state index contributed by atoms with van der Waals surface area (Å²) in [5.74, 6) is 0. The number of nitrogens with zero attached hydrogens (tertiary/aromatic N) is 1. The van der Waals surface area contributed by atoms with Gasteiger partial charge in [-0.2, -0.15) is 0 Å². The zero-order valence-corrected chi connectivity index (χ0v) is 9.78. The lowest BCUT2D eigenvalue weighted by molar-refractivity contribution is 0.397. The molecule has 0 bridgehead atoms. The fourth-order valence-corrected chi connectivity index (χ4v) is 2.94. The molecule has 0 amide bonds. The van der Waals surface area contributed by atoms with Crippen LogP contribution in [0.15, 0.2) is 0 Å². The van der Waals surface area contributed by atoms with Gasteiger partial charge < -0.3 is 5.32 Å². The SMILES string of the molecule is Cc1nc(CC2CCCCN2)c(C)s1. The van der Waals surface area contributed by atoms with Gasteiger partial charge in [-0.3, -0.25) is 0 Å². The Labute approximate surface area is 89.8 Å². The van der Waals surface area contributed by atoms with Crippen molar-refractivity contribution in [2.24, 2.45) is 0 Å². The van der Waals surface area contributed by atoms with Crippen molar-refractivity contribution in [3.63, 3.8) is 0 Å². The topological polar surface area (TPSA) is 24.9 Å². The summed E-state index contributed by atoms with van der Waals surface area (Å²) in [5.41, 5.74) is 1.31. The monoisotopic (exact) mass is 210 g/mol. The van der Waals surface area contributed by atoms with Gasteiger partial charge in [0.1, 0.15) is 0 Å². The van der Waals surface area contributed by atoms with E-state index in [1.165, 1.54) is 41.4 Å². The number of thiazole rings is 1. The Balaban J connectivity index is 1.98. The van der Waals surface area contributed by atoms with Crippen molar-refractivity contribution < 1.29 is 0 Å². The molecule has 0 spiro atoms. The first kappa shape index (κ1) is 10.1. The van der Waals surface area contributed by atoms with E-state index in [-0.39, 0.29) is 0 Å². The molecule has 1 fully saturated rings. The van der Waals surface area contributed by atoms with Crippen LogP contribution in [0.1, 0.15) is 34.8 Å². The Morgan fingerprint density at radius 1 is 1.43 bits per heavy atom. The molecule has 1 aliphatic heterocycles. The van der Waals surface area contributed by atoms with E-state index in [9.17, 15) is 0 Å². The maximum Gasteiger partial charge on any atom is 0.0900 e. The van der Waals surface area contributed by atoms with E-state index in [0.717, 1.165) is 6.42 Å². The van der Waals surface area contributed by atoms with Crippen LogP contribution < -0.4 is 5.32 Å². The number of aryl methyl sites for hydroxylation is 2. The zero-order valence-electron chi connectivity index (χ0n) is 8.97. The van der Waals surface area contributed by atoms with E-state index in [1.807, 2.05) is 11.3 Å². The molecule has 1 N–H and O–H groups in total. The quantitative estimate of drug-likeness (QED) is 0.811. The third-order valence-corrected chi connectivity index (χ3v) is 3.78. The maximum atomic E-state index is 4.58. The van der Waals surface area contributed by atoms with Gasteiger partial charge in [0.15, 0.2) is 0 Å². The van der Waals surface area contributed by atoms with Crippen LogP contribution >= 0.6 is 11.3 Å². The minimum atomic E-state index is 0.670. The summed E-state index contributed by atoms with van der Waals surface area (Å²) in [7, 11) is 0. The largest absolute Gasteiger partial charge is 0.314 e. The van der Waals surface area contributed by atoms with Gasteiger partial charge >= 0.3 is 0 Å². The van der Waals surface area contributed by atoms with Crippen LogP contribution in [0.4, 0.5) is 0 Å². The number of hydrogen-bond acceptors (Lipinski definition) is 3. The van der Waals surface area contributed by atoms with E-state index in [4.69, 9.17) is 0 Å². The van der Waals surface area contributed by atoms with Crippen molar-refractivity contribution in [1.82, 2.24) is 10.3 Å². The predicted molar refractivity (Wildman–Crippen MR) is 60.9 cm³/mol. The van der Waals surface area contributed by atoms with Gasteiger partial charge in [0.05, 0.1) is 10.7 Å². The third kappa shape index (κ3) is 2.34. The van der Waals surface area contributed by atoms with Gasteiger partial charge in [0.2, 0.25) is 0 Å². The summed E-state index contributed by atoms with van der Waals surface area (Å²) in [5, 5.41) is 4.77. The van der Waals surface area contributed by atoms with Gasteiger partial charge in [0.25, 0.3) is 0 Å². The molecule has 2 heterocycles. The second-order valence-corrected chi connectivity index (χ2v) is 5.49. The molecule has 1 atom stereocenters. The number of rotatable bonds is 2. The Kier molecular flexibility index (Phi) is 3.19. The number of hydrogen-bond donors (Lipinski definition) is 1. The maximum absolute atomic E-state index is 4.58. The second kappa shape index (κ2) is 4.41. The van der Waals surface area contributed by atoms with Crippen molar-refractivity contribution in [2.45, 2.75) is 45.6 Å². The average Bonchev–Trinajstić information content (AvgIpc) is 2.47. The lowest BCUT2D eigenvalue weighted by Crippen LogP contribution is -2.35. The van der Waals surface area contributed by atoms with Crippen LogP contribution in [-0.4, -0.2) is 17.6 Å². The van der Waals surface area contributed by atoms with Crippen molar-refractivity contribution in [2.75, 3.05) is 6.54 Å². The first-order chi connectivity index (χ1) is 6.75. The highest BCUT2D eigenvalue weighted by Gasteiger charge is 2.15. The summed E-state index contributed by atoms with van der Waals surface area (Å²) in [4.78, 5) is 5.98. The molecule has 0 aliphatic carbocycles. The highest BCUT2D eigenvalue weighted by molar-refractivity contribution is 7.11. The summed E-state index contributed by atoms with van der Waals surface area (Å²) < 4.78 is 0. The van der Waals surface area contributed by atoms with Crippen LogP contribution in [0.25, 0.3) is 0 Å². The molecular weight excluding hydrogens is 192 g/mol. The van der Waals surface area contributed by atoms with Crippen molar-refractivity contribution in [3.05, 3.63) is 15.6 Å². The minimum absolute atomic E-state index is 0.670. The lowest BCUT2D eigenvalue weighted by Gasteiger charge is -2.22. The average molecular weight is 210 g/mol. The molecule has 0 aromatic carbocycles. The van der Waals surface area contributed by atoms with Crippen LogP contribution in [0, 0.1) is 13.8 Å². The predicted octanol–water partition coefficient (Wildman–Crippen LogP) is 2.44. The molecule has 1 aromatic rings. The Morgan fingerprint density at radius 2 is 2.29 bits per heavy atom. The van der Waals surface area contributed by atoms with Crippen LogP contribution in [0.3, 0.4) is 0 Å². The molecule has 14 heavy (non-hydrogen) atoms. The number of nitrogens with one attached hydrogen (secondary N) is 1. The molecular formula is C11H18N2S. The smallest absolute Gasteiger partial charge is 0.0900 e. The Hall–Kier alpha value is -0.410. The summed E-state index contributed by atoms with van der Waals surface area (Å²) in [6, 6.07) is 0.670. The van der Waals surface area contributed by atoms with Gasteiger partial charge in [-0.05, 0) is 33.2 Å². The van der Waals surface area contributed by atoms with Crippen molar-refractivity contribution in [1.29, 1.82) is 0 Å². The standard InChI is InChI=1S/C11H18N2S/c1-8-11(13-9(2)14-8)7-10-5-3-4-6-12-10/h10,12H,3-7H2,1-2H3. The van der Waals surface area contributed by atoms with Crippen LogP contribution in [0.2, 0.25) is 0 Å². The molecule has 2 rings (SSSR count). The second-order valence-electron chi connectivity index (χ2n) is 4.09. The van der Waals surface area contributed by atoms with Gasteiger partial charge in [-0.1, -0.05) is 6.42 Å². The van der Waals surface area contributed by atoms with Crippen LogP contribution in [-0.2, 0) is 6.42 Å². The highest BCUT2D eigenvalue weighted by Crippen LogP contribution is 2.20. The van der Waals surface area contributed by atoms with Gasteiger partial charge in [0, 0.05) is 17.3 Å². The molecule has 2 nitrogen and oxygen atoms in total. The molecule has 1 unspecified atom stereocenters. The third-order valence-electron chi connectivity index (χ3n) is 2.85. The molecule has 1 aliphatic rings. The van der Waals surface area contributed by atoms with Crippen LogP contribution in [0.5, 0.6) is 0 Å². The normalized spacial score (nSPS) is 22.6. The number of piperidine rings is 1. The van der Waals surface area contributed by atoms with Crippen molar-refractivity contribution in [3.8, 4) is 0 Å². The fraction of sp³-hybridized carbons (Fsp3) is 0.727. The Bertz CT molecular complexity index is 300. The van der Waals surface area contributed by atoms with Crippen molar-refractivity contribution >= 4 is 11.3 Å². The molecule has 1 aromatic heterocycles. The first-order valence-electron chi connectivity index (χ1n) is 5.42. The van der Waals surface area contributed by atoms with E-state index < -0.39 is 0 Å². The Morgan fingerprint density at radius 3 is 2.86 bits per heavy atom. The fourth-order valence-electron chi connectivity index (χ4n) is 2.09. The molecule has 1 saturated heterocycles. The van der Waals surface area contributed by atoms with E-state index >= 15 is 0 Å². The molecule has 78 valence electrons. The molecule has 0 saturated carbocycles. The minimum Gasteiger partial charge on any atom is -0.314 e.